The number of hydrogen-bond donors (Lipinski definition) is 2. The van der Waals surface area contributed by atoms with Crippen LogP contribution in [0.5, 0.6) is 0 Å². The molecule has 2 unspecified atom stereocenters. The van der Waals surface area contributed by atoms with E-state index in [0.29, 0.717) is 6.04 Å². The van der Waals surface area contributed by atoms with Gasteiger partial charge in [0.2, 0.25) is 0 Å². The lowest BCUT2D eigenvalue weighted by Gasteiger charge is -2.38. The summed E-state index contributed by atoms with van der Waals surface area (Å²) in [4.78, 5) is 6.57. The Bertz CT molecular complexity index is 553. The smallest absolute Gasteiger partial charge is 0.181 e. The van der Waals surface area contributed by atoms with Crippen LogP contribution in [0.15, 0.2) is 29.0 Å². The predicted molar refractivity (Wildman–Crippen MR) is 75.1 cm³/mol. The van der Waals surface area contributed by atoms with Gasteiger partial charge in [0, 0.05) is 31.7 Å². The van der Waals surface area contributed by atoms with E-state index in [0.717, 1.165) is 30.7 Å². The molecule has 2 N–H and O–H groups in total. The minimum absolute atomic E-state index is 0.285. The fraction of sp³-hybridized carbons (Fsp3) is 0.500. The molecule has 0 radical (unpaired) electrons. The summed E-state index contributed by atoms with van der Waals surface area (Å²) >= 11 is 0. The van der Waals surface area contributed by atoms with Gasteiger partial charge in [-0.15, -0.1) is 0 Å². The molecule has 1 fully saturated rings. The van der Waals surface area contributed by atoms with Crippen LogP contribution < -0.4 is 10.6 Å². The van der Waals surface area contributed by atoms with Gasteiger partial charge in [0.15, 0.2) is 12.0 Å². The number of aromatic nitrogens is 1. The van der Waals surface area contributed by atoms with Gasteiger partial charge in [0.1, 0.15) is 5.52 Å². The third-order valence-electron chi connectivity index (χ3n) is 3.97. The maximum atomic E-state index is 5.40. The molecule has 0 amide bonds. The Morgan fingerprint density at radius 1 is 1.53 bits per heavy atom. The molecule has 2 atom stereocenters. The minimum atomic E-state index is 0.285. The zero-order valence-electron chi connectivity index (χ0n) is 11.4. The predicted octanol–water partition coefficient (Wildman–Crippen LogP) is 0.992. The van der Waals surface area contributed by atoms with E-state index in [2.05, 4.69) is 39.7 Å². The Kier molecular flexibility index (Phi) is 3.50. The van der Waals surface area contributed by atoms with Crippen LogP contribution in [-0.2, 0) is 0 Å². The highest BCUT2D eigenvalue weighted by Crippen LogP contribution is 2.24. The summed E-state index contributed by atoms with van der Waals surface area (Å²) in [5.74, 6) is 0. The molecule has 0 bridgehead atoms. The monoisotopic (exact) mass is 260 g/mol. The van der Waals surface area contributed by atoms with E-state index in [-0.39, 0.29) is 6.04 Å². The molecular formula is C14H20N4O. The van der Waals surface area contributed by atoms with Crippen LogP contribution in [-0.4, -0.2) is 49.7 Å². The van der Waals surface area contributed by atoms with Crippen molar-refractivity contribution in [2.75, 3.05) is 33.7 Å². The molecule has 1 saturated heterocycles. The highest BCUT2D eigenvalue weighted by molar-refractivity contribution is 5.72. The van der Waals surface area contributed by atoms with Crippen molar-refractivity contribution in [1.82, 2.24) is 20.5 Å². The van der Waals surface area contributed by atoms with E-state index in [1.807, 2.05) is 13.1 Å². The molecule has 5 heteroatoms. The Labute approximate surface area is 113 Å². The average molecular weight is 260 g/mol. The standard InChI is InChI=1S/C14H20N4O/c1-15-14(12-8-16-5-6-18(12)2)10-3-4-11-13(7-10)19-9-17-11/h3-4,7,9,12,14-16H,5-6,8H2,1-2H3. The van der Waals surface area contributed by atoms with Crippen LogP contribution >= 0.6 is 0 Å². The lowest BCUT2D eigenvalue weighted by atomic mass is 9.96. The first-order valence-corrected chi connectivity index (χ1v) is 6.71. The van der Waals surface area contributed by atoms with E-state index < -0.39 is 0 Å². The molecule has 102 valence electrons. The summed E-state index contributed by atoms with van der Waals surface area (Å²) in [6.07, 6.45) is 1.50. The van der Waals surface area contributed by atoms with Crippen molar-refractivity contribution in [1.29, 1.82) is 0 Å². The van der Waals surface area contributed by atoms with Crippen LogP contribution in [0.4, 0.5) is 0 Å². The number of nitrogens with zero attached hydrogens (tertiary/aromatic N) is 2. The second-order valence-corrected chi connectivity index (χ2v) is 5.10. The van der Waals surface area contributed by atoms with Crippen molar-refractivity contribution in [2.45, 2.75) is 12.1 Å². The van der Waals surface area contributed by atoms with Crippen LogP contribution in [0.2, 0.25) is 0 Å². The average Bonchev–Trinajstić information content (AvgIpc) is 2.89. The number of rotatable bonds is 3. The molecule has 0 spiro atoms. The molecule has 0 saturated carbocycles. The van der Waals surface area contributed by atoms with Crippen molar-refractivity contribution < 1.29 is 4.42 Å². The van der Waals surface area contributed by atoms with Gasteiger partial charge >= 0.3 is 0 Å². The first-order chi connectivity index (χ1) is 9.29. The third-order valence-corrected chi connectivity index (χ3v) is 3.97. The zero-order valence-corrected chi connectivity index (χ0v) is 11.4. The quantitative estimate of drug-likeness (QED) is 0.862. The van der Waals surface area contributed by atoms with Crippen molar-refractivity contribution in [3.05, 3.63) is 30.2 Å². The van der Waals surface area contributed by atoms with Crippen LogP contribution in [0, 0.1) is 0 Å². The molecule has 3 rings (SSSR count). The second-order valence-electron chi connectivity index (χ2n) is 5.10. The van der Waals surface area contributed by atoms with Crippen LogP contribution in [0.1, 0.15) is 11.6 Å². The van der Waals surface area contributed by atoms with E-state index in [1.165, 1.54) is 12.0 Å². The second kappa shape index (κ2) is 5.28. The summed E-state index contributed by atoms with van der Waals surface area (Å²) < 4.78 is 5.40. The Morgan fingerprint density at radius 2 is 2.42 bits per heavy atom. The Balaban J connectivity index is 1.91. The maximum absolute atomic E-state index is 5.40. The number of nitrogens with one attached hydrogen (secondary N) is 2. The zero-order chi connectivity index (χ0) is 13.2. The van der Waals surface area contributed by atoms with Crippen molar-refractivity contribution >= 4 is 11.1 Å². The van der Waals surface area contributed by atoms with Gasteiger partial charge < -0.3 is 15.1 Å². The van der Waals surface area contributed by atoms with E-state index in [4.69, 9.17) is 4.42 Å². The number of fused-ring (bicyclic) bond motifs is 1. The Hall–Kier alpha value is -1.43. The number of piperazine rings is 1. The molecule has 2 aromatic rings. The lowest BCUT2D eigenvalue weighted by Crippen LogP contribution is -2.54. The first-order valence-electron chi connectivity index (χ1n) is 6.71. The van der Waals surface area contributed by atoms with E-state index >= 15 is 0 Å². The summed E-state index contributed by atoms with van der Waals surface area (Å²) in [6.45, 7) is 3.13. The Morgan fingerprint density at radius 3 is 3.21 bits per heavy atom. The van der Waals surface area contributed by atoms with Gasteiger partial charge in [0.05, 0.1) is 0 Å². The maximum Gasteiger partial charge on any atom is 0.181 e. The SMILES string of the molecule is CNC(c1ccc2ncoc2c1)C1CNCCN1C. The molecular weight excluding hydrogens is 240 g/mol. The molecule has 2 heterocycles. The molecule has 19 heavy (non-hydrogen) atoms. The number of benzene rings is 1. The van der Waals surface area contributed by atoms with Gasteiger partial charge in [-0.05, 0) is 31.8 Å². The molecule has 1 aromatic carbocycles. The van der Waals surface area contributed by atoms with Gasteiger partial charge in [-0.25, -0.2) is 4.98 Å². The van der Waals surface area contributed by atoms with Crippen molar-refractivity contribution in [2.24, 2.45) is 0 Å². The normalized spacial score (nSPS) is 22.7. The van der Waals surface area contributed by atoms with E-state index in [9.17, 15) is 0 Å². The summed E-state index contributed by atoms with van der Waals surface area (Å²) in [7, 11) is 4.19. The number of likely N-dealkylation sites (N-methyl/N-ethyl adjacent to an activating group) is 2. The molecule has 0 aliphatic carbocycles. The summed E-state index contributed by atoms with van der Waals surface area (Å²) in [5, 5.41) is 6.90. The fourth-order valence-corrected chi connectivity index (χ4v) is 2.85. The lowest BCUT2D eigenvalue weighted by molar-refractivity contribution is 0.162. The van der Waals surface area contributed by atoms with Gasteiger partial charge in [-0.3, -0.25) is 4.90 Å². The van der Waals surface area contributed by atoms with E-state index in [1.54, 1.807) is 0 Å². The number of oxazole rings is 1. The molecule has 1 aliphatic heterocycles. The van der Waals surface area contributed by atoms with Gasteiger partial charge in [-0.1, -0.05) is 6.07 Å². The van der Waals surface area contributed by atoms with Gasteiger partial charge in [0.25, 0.3) is 0 Å². The number of hydrogen-bond acceptors (Lipinski definition) is 5. The highest BCUT2D eigenvalue weighted by atomic mass is 16.3. The topological polar surface area (TPSA) is 53.3 Å². The summed E-state index contributed by atoms with van der Waals surface area (Å²) in [5.41, 5.74) is 3.00. The van der Waals surface area contributed by atoms with Crippen LogP contribution in [0.25, 0.3) is 11.1 Å². The summed E-state index contributed by atoms with van der Waals surface area (Å²) in [6, 6.07) is 6.97. The molecule has 1 aliphatic rings. The fourth-order valence-electron chi connectivity index (χ4n) is 2.85. The van der Waals surface area contributed by atoms with Gasteiger partial charge in [-0.2, -0.15) is 0 Å². The van der Waals surface area contributed by atoms with Crippen molar-refractivity contribution in [3.8, 4) is 0 Å². The highest BCUT2D eigenvalue weighted by Gasteiger charge is 2.27. The largest absolute Gasteiger partial charge is 0.443 e. The third kappa shape index (κ3) is 2.36. The first kappa shape index (κ1) is 12.6. The molecule has 1 aromatic heterocycles. The molecule has 5 nitrogen and oxygen atoms in total. The van der Waals surface area contributed by atoms with Crippen LogP contribution in [0.3, 0.4) is 0 Å². The van der Waals surface area contributed by atoms with Crippen molar-refractivity contribution in [3.63, 3.8) is 0 Å². The minimum Gasteiger partial charge on any atom is -0.443 e.